The van der Waals surface area contributed by atoms with Gasteiger partial charge in [0.2, 0.25) is 11.8 Å². The third kappa shape index (κ3) is 3.87. The van der Waals surface area contributed by atoms with E-state index in [0.717, 1.165) is 25.8 Å². The fourth-order valence-corrected chi connectivity index (χ4v) is 1.52. The summed E-state index contributed by atoms with van der Waals surface area (Å²) in [6, 6.07) is -0.117. The first-order chi connectivity index (χ1) is 7.11. The lowest BCUT2D eigenvalue weighted by Gasteiger charge is -2.22. The summed E-state index contributed by atoms with van der Waals surface area (Å²) in [7, 11) is 3.35. The summed E-state index contributed by atoms with van der Waals surface area (Å²) < 4.78 is 0. The molecule has 0 radical (unpaired) electrons. The molecule has 0 saturated carbocycles. The number of rotatable bonds is 3. The third-order valence-electron chi connectivity index (χ3n) is 2.54. The zero-order chi connectivity index (χ0) is 11.3. The Kier molecular flexibility index (Phi) is 4.55. The number of carbonyl (C=O) groups is 2. The average molecular weight is 213 g/mol. The molecule has 1 rings (SSSR count). The Balaban J connectivity index is 2.26. The van der Waals surface area contributed by atoms with Gasteiger partial charge >= 0.3 is 0 Å². The predicted molar refractivity (Wildman–Crippen MR) is 57.3 cm³/mol. The number of piperidine rings is 1. The molecule has 86 valence electrons. The molecule has 5 nitrogen and oxygen atoms in total. The van der Waals surface area contributed by atoms with E-state index in [1.165, 1.54) is 4.90 Å². The number of nitrogens with one attached hydrogen (secondary N) is 2. The first-order valence-corrected chi connectivity index (χ1v) is 5.32. The van der Waals surface area contributed by atoms with Gasteiger partial charge in [-0.3, -0.25) is 9.59 Å². The first kappa shape index (κ1) is 12.0. The van der Waals surface area contributed by atoms with Crippen LogP contribution in [0.4, 0.5) is 0 Å². The summed E-state index contributed by atoms with van der Waals surface area (Å²) in [6.07, 6.45) is 3.06. The van der Waals surface area contributed by atoms with Gasteiger partial charge in [0.15, 0.2) is 0 Å². The summed E-state index contributed by atoms with van der Waals surface area (Å²) in [5.74, 6) is -0.149. The van der Waals surface area contributed by atoms with E-state index in [4.69, 9.17) is 0 Å². The van der Waals surface area contributed by atoms with Crippen LogP contribution in [0.1, 0.15) is 19.3 Å². The molecule has 15 heavy (non-hydrogen) atoms. The van der Waals surface area contributed by atoms with Gasteiger partial charge < -0.3 is 15.5 Å². The normalized spacial score (nSPS) is 20.8. The fourth-order valence-electron chi connectivity index (χ4n) is 1.52. The van der Waals surface area contributed by atoms with Crippen LogP contribution in [0, 0.1) is 0 Å². The molecular formula is C10H19N3O2. The molecule has 0 aromatic heterocycles. The Bertz CT molecular complexity index is 235. The SMILES string of the molecule is CN(C)C(=O)CNC(=O)[C@@H]1CCCCN1. The molecule has 2 amide bonds. The smallest absolute Gasteiger partial charge is 0.241 e. The van der Waals surface area contributed by atoms with E-state index in [-0.39, 0.29) is 24.4 Å². The number of carbonyl (C=O) groups excluding carboxylic acids is 2. The van der Waals surface area contributed by atoms with Crippen LogP contribution in [0.15, 0.2) is 0 Å². The van der Waals surface area contributed by atoms with E-state index in [1.54, 1.807) is 14.1 Å². The average Bonchev–Trinajstić information content (AvgIpc) is 2.26. The van der Waals surface area contributed by atoms with Crippen LogP contribution in [-0.2, 0) is 9.59 Å². The van der Waals surface area contributed by atoms with Crippen LogP contribution in [0.2, 0.25) is 0 Å². The Labute approximate surface area is 90.2 Å². The standard InChI is InChI=1S/C10H19N3O2/c1-13(2)9(14)7-12-10(15)8-5-3-4-6-11-8/h8,11H,3-7H2,1-2H3,(H,12,15)/t8-/m0/s1. The van der Waals surface area contributed by atoms with Crippen molar-refractivity contribution < 1.29 is 9.59 Å². The van der Waals surface area contributed by atoms with Gasteiger partial charge in [-0.1, -0.05) is 6.42 Å². The molecule has 0 bridgehead atoms. The van der Waals surface area contributed by atoms with Gasteiger partial charge in [-0.15, -0.1) is 0 Å². The Hall–Kier alpha value is -1.10. The van der Waals surface area contributed by atoms with Crippen molar-refractivity contribution in [3.63, 3.8) is 0 Å². The van der Waals surface area contributed by atoms with Crippen molar-refractivity contribution in [3.05, 3.63) is 0 Å². The minimum Gasteiger partial charge on any atom is -0.347 e. The topological polar surface area (TPSA) is 61.4 Å². The molecule has 0 aromatic carbocycles. The highest BCUT2D eigenvalue weighted by Gasteiger charge is 2.20. The maximum absolute atomic E-state index is 11.6. The summed E-state index contributed by atoms with van der Waals surface area (Å²) in [6.45, 7) is 0.976. The number of nitrogens with zero attached hydrogens (tertiary/aromatic N) is 1. The summed E-state index contributed by atoms with van der Waals surface area (Å²) in [5.41, 5.74) is 0. The highest BCUT2D eigenvalue weighted by Crippen LogP contribution is 2.06. The lowest BCUT2D eigenvalue weighted by Crippen LogP contribution is -2.48. The molecule has 1 saturated heterocycles. The summed E-state index contributed by atoms with van der Waals surface area (Å²) >= 11 is 0. The zero-order valence-corrected chi connectivity index (χ0v) is 9.38. The van der Waals surface area contributed by atoms with Gasteiger partial charge in [0.25, 0.3) is 0 Å². The van der Waals surface area contributed by atoms with Crippen molar-refractivity contribution in [3.8, 4) is 0 Å². The Morgan fingerprint density at radius 3 is 2.67 bits per heavy atom. The van der Waals surface area contributed by atoms with Gasteiger partial charge in [0, 0.05) is 14.1 Å². The van der Waals surface area contributed by atoms with Crippen molar-refractivity contribution in [2.45, 2.75) is 25.3 Å². The minimum atomic E-state index is -0.117. The summed E-state index contributed by atoms with van der Waals surface area (Å²) in [4.78, 5) is 24.3. The fraction of sp³-hybridized carbons (Fsp3) is 0.800. The molecule has 0 unspecified atom stereocenters. The van der Waals surface area contributed by atoms with E-state index in [1.807, 2.05) is 0 Å². The second kappa shape index (κ2) is 5.70. The van der Waals surface area contributed by atoms with E-state index < -0.39 is 0 Å². The number of amides is 2. The van der Waals surface area contributed by atoms with Crippen molar-refractivity contribution in [2.75, 3.05) is 27.2 Å². The van der Waals surface area contributed by atoms with E-state index in [2.05, 4.69) is 10.6 Å². The maximum Gasteiger partial charge on any atom is 0.241 e. The second-order valence-corrected chi connectivity index (χ2v) is 4.01. The van der Waals surface area contributed by atoms with Crippen LogP contribution in [0.3, 0.4) is 0 Å². The largest absolute Gasteiger partial charge is 0.347 e. The van der Waals surface area contributed by atoms with Gasteiger partial charge in [-0.25, -0.2) is 0 Å². The van der Waals surface area contributed by atoms with Gasteiger partial charge in [0.1, 0.15) is 0 Å². The van der Waals surface area contributed by atoms with Gasteiger partial charge in [-0.2, -0.15) is 0 Å². The maximum atomic E-state index is 11.6. The van der Waals surface area contributed by atoms with Crippen molar-refractivity contribution in [1.29, 1.82) is 0 Å². The molecule has 1 aliphatic rings. The third-order valence-corrected chi connectivity index (χ3v) is 2.54. The highest BCUT2D eigenvalue weighted by molar-refractivity contribution is 5.87. The molecule has 0 aliphatic carbocycles. The molecular weight excluding hydrogens is 194 g/mol. The highest BCUT2D eigenvalue weighted by atomic mass is 16.2. The summed E-state index contributed by atoms with van der Waals surface area (Å²) in [5, 5.41) is 5.78. The van der Waals surface area contributed by atoms with Crippen molar-refractivity contribution in [2.24, 2.45) is 0 Å². The minimum absolute atomic E-state index is 0.0649. The monoisotopic (exact) mass is 213 g/mol. The molecule has 0 aromatic rings. The van der Waals surface area contributed by atoms with E-state index in [0.29, 0.717) is 0 Å². The number of hydrogen-bond acceptors (Lipinski definition) is 3. The molecule has 1 aliphatic heterocycles. The molecule has 1 fully saturated rings. The molecule has 2 N–H and O–H groups in total. The van der Waals surface area contributed by atoms with E-state index >= 15 is 0 Å². The lowest BCUT2D eigenvalue weighted by atomic mass is 10.0. The van der Waals surface area contributed by atoms with E-state index in [9.17, 15) is 9.59 Å². The van der Waals surface area contributed by atoms with Crippen LogP contribution in [0.5, 0.6) is 0 Å². The van der Waals surface area contributed by atoms with Crippen LogP contribution in [-0.4, -0.2) is 49.9 Å². The van der Waals surface area contributed by atoms with Crippen LogP contribution < -0.4 is 10.6 Å². The van der Waals surface area contributed by atoms with Gasteiger partial charge in [-0.05, 0) is 19.4 Å². The molecule has 1 atom stereocenters. The quantitative estimate of drug-likeness (QED) is 0.654. The lowest BCUT2D eigenvalue weighted by molar-refractivity contribution is -0.131. The predicted octanol–water partition coefficient (Wildman–Crippen LogP) is -0.667. The number of likely N-dealkylation sites (N-methyl/N-ethyl adjacent to an activating group) is 1. The van der Waals surface area contributed by atoms with Crippen LogP contribution in [0.25, 0.3) is 0 Å². The first-order valence-electron chi connectivity index (χ1n) is 5.32. The molecule has 1 heterocycles. The number of hydrogen-bond donors (Lipinski definition) is 2. The van der Waals surface area contributed by atoms with Gasteiger partial charge in [0.05, 0.1) is 12.6 Å². The van der Waals surface area contributed by atoms with Crippen molar-refractivity contribution in [1.82, 2.24) is 15.5 Å². The second-order valence-electron chi connectivity index (χ2n) is 4.01. The Morgan fingerprint density at radius 1 is 1.40 bits per heavy atom. The van der Waals surface area contributed by atoms with Crippen molar-refractivity contribution >= 4 is 11.8 Å². The Morgan fingerprint density at radius 2 is 2.13 bits per heavy atom. The molecule has 5 heteroatoms. The molecule has 0 spiro atoms. The van der Waals surface area contributed by atoms with Crippen LogP contribution >= 0.6 is 0 Å². The zero-order valence-electron chi connectivity index (χ0n) is 9.38.